The molecule has 2 fully saturated rings. The van der Waals surface area contributed by atoms with Gasteiger partial charge in [0.15, 0.2) is 0 Å². The maximum absolute atomic E-state index is 15.2. The molecule has 0 aliphatic carbocycles. The smallest absolute Gasteiger partial charge is 0.406 e. The maximum atomic E-state index is 15.2. The quantitative estimate of drug-likeness (QED) is 0.0557. The first-order chi connectivity index (χ1) is 36.3. The van der Waals surface area contributed by atoms with Gasteiger partial charge in [-0.1, -0.05) is 47.5 Å². The summed E-state index contributed by atoms with van der Waals surface area (Å²) in [7, 11) is 0. The number of halogens is 9. The van der Waals surface area contributed by atoms with E-state index in [1.165, 1.54) is 73.3 Å². The van der Waals surface area contributed by atoms with Gasteiger partial charge in [-0.15, -0.1) is 26.3 Å². The summed E-state index contributed by atoms with van der Waals surface area (Å²) in [5.41, 5.74) is 2.35. The minimum Gasteiger partial charge on any atom is -0.406 e. The second-order valence-electron chi connectivity index (χ2n) is 17.3. The molecule has 76 heavy (non-hydrogen) atoms. The molecule has 2 saturated heterocycles. The fourth-order valence-corrected chi connectivity index (χ4v) is 8.56. The Bertz CT molecular complexity index is 2770. The highest BCUT2D eigenvalue weighted by Crippen LogP contribution is 2.38. The lowest BCUT2D eigenvalue weighted by Crippen LogP contribution is -2.38. The van der Waals surface area contributed by atoms with Gasteiger partial charge < -0.3 is 50.0 Å². The lowest BCUT2D eigenvalue weighted by atomic mass is 10.1. The van der Waals surface area contributed by atoms with Crippen LogP contribution in [0.2, 0.25) is 10.0 Å². The van der Waals surface area contributed by atoms with Crippen LogP contribution >= 0.6 is 23.2 Å². The monoisotopic (exact) mass is 1100 g/mol. The summed E-state index contributed by atoms with van der Waals surface area (Å²) in [5.74, 6) is -1.52. The van der Waals surface area contributed by atoms with E-state index in [0.717, 1.165) is 6.07 Å². The van der Waals surface area contributed by atoms with Crippen molar-refractivity contribution in [2.24, 2.45) is 0 Å². The number of hydrogen-bond donors (Lipinski definition) is 4. The first kappa shape index (κ1) is 54.9. The third kappa shape index (κ3) is 15.6. The highest BCUT2D eigenvalue weighted by molar-refractivity contribution is 6.41. The zero-order chi connectivity index (χ0) is 54.0. The molecule has 0 unspecified atom stereocenters. The standard InChI is InChI=1S/C49H47Cl2F7N12O6/c1-28-37(63-44-59-26-61-46(67-44)69-20-16-31(17-21-69)73-24-29-2-6-33(7-3-29)75-48(53,54)55)13-11-36(52)42(28)65-39(71)14-15-40(72)66-43-35(50)10-12-38(41(43)51)64-45-60-27-62-47(68-45)70-22-18-32(19-23-70)74-25-30-4-8-34(9-5-30)76-49(56,57)58/h2-13,26-27,31-32H,14-25H2,1H3,(H,65,71)(H,66,72)(H,59,61,63,67)(H,60,62,64,68). The normalized spacial score (nSPS) is 14.6. The van der Waals surface area contributed by atoms with Crippen LogP contribution in [0.5, 0.6) is 11.5 Å². The third-order valence-corrected chi connectivity index (χ3v) is 12.7. The van der Waals surface area contributed by atoms with E-state index in [-0.39, 0.29) is 83.1 Å². The van der Waals surface area contributed by atoms with Gasteiger partial charge >= 0.3 is 12.7 Å². The van der Waals surface area contributed by atoms with Crippen LogP contribution in [0.15, 0.2) is 85.5 Å². The van der Waals surface area contributed by atoms with Crippen molar-refractivity contribution < 1.29 is 59.3 Å². The second kappa shape index (κ2) is 24.5. The Kier molecular flexibility index (Phi) is 17.7. The van der Waals surface area contributed by atoms with Gasteiger partial charge in [-0.2, -0.15) is 9.97 Å². The number of piperidine rings is 2. The Morgan fingerprint density at radius 2 is 1.04 bits per heavy atom. The molecule has 2 aromatic heterocycles. The second-order valence-corrected chi connectivity index (χ2v) is 18.1. The van der Waals surface area contributed by atoms with Crippen LogP contribution in [0, 0.1) is 12.7 Å². The summed E-state index contributed by atoms with van der Waals surface area (Å²) in [6.07, 6.45) is -5.22. The summed E-state index contributed by atoms with van der Waals surface area (Å²) >= 11 is 13.2. The van der Waals surface area contributed by atoms with Crippen LogP contribution in [0.25, 0.3) is 0 Å². The number of carbonyl (C=O) groups is 2. The van der Waals surface area contributed by atoms with E-state index in [1.807, 2.05) is 9.80 Å². The lowest BCUT2D eigenvalue weighted by molar-refractivity contribution is -0.275. The fourth-order valence-electron chi connectivity index (χ4n) is 8.05. The van der Waals surface area contributed by atoms with Crippen molar-refractivity contribution in [1.82, 2.24) is 29.9 Å². The number of alkyl halides is 6. The molecule has 8 rings (SSSR count). The van der Waals surface area contributed by atoms with Gasteiger partial charge in [-0.05, 0) is 97.8 Å². The van der Waals surface area contributed by atoms with Gasteiger partial charge in [0.1, 0.15) is 30.0 Å². The summed E-state index contributed by atoms with van der Waals surface area (Å²) < 4.78 is 110. The van der Waals surface area contributed by atoms with Crippen molar-refractivity contribution in [1.29, 1.82) is 0 Å². The molecule has 0 spiro atoms. The largest absolute Gasteiger partial charge is 0.573 e. The van der Waals surface area contributed by atoms with Crippen LogP contribution in [0.1, 0.15) is 55.2 Å². The minimum absolute atomic E-state index is 0.0286. The van der Waals surface area contributed by atoms with Gasteiger partial charge in [0.2, 0.25) is 35.6 Å². The van der Waals surface area contributed by atoms with Crippen molar-refractivity contribution in [2.45, 2.75) is 83.6 Å². The number of hydrogen-bond acceptors (Lipinski definition) is 16. The van der Waals surface area contributed by atoms with Crippen molar-refractivity contribution >= 4 is 81.6 Å². The number of carbonyl (C=O) groups excluding carboxylic acids is 2. The van der Waals surface area contributed by atoms with Gasteiger partial charge in [0, 0.05) is 44.7 Å². The number of rotatable bonds is 19. The summed E-state index contributed by atoms with van der Waals surface area (Å²) in [6.45, 7) is 4.21. The number of amides is 2. The minimum atomic E-state index is -4.77. The lowest BCUT2D eigenvalue weighted by Gasteiger charge is -2.32. The molecule has 4 aromatic carbocycles. The van der Waals surface area contributed by atoms with Crippen LogP contribution in [0.3, 0.4) is 0 Å². The van der Waals surface area contributed by atoms with E-state index in [9.17, 15) is 35.9 Å². The zero-order valence-corrected chi connectivity index (χ0v) is 41.7. The Labute approximate surface area is 439 Å². The highest BCUT2D eigenvalue weighted by Gasteiger charge is 2.32. The molecular weight excluding hydrogens is 1060 g/mol. The SMILES string of the molecule is Cc1c(Nc2ncnc(N3CCC(OCc4ccc(OC(F)(F)F)cc4)CC3)n2)ccc(F)c1NC(=O)CCC(=O)Nc1c(Cl)ccc(Nc2ncnc(N3CCC(OCc4ccc(OC(F)(F)F)cc4)CC3)n2)c1Cl. The average Bonchev–Trinajstić information content (AvgIpc) is 3.39. The predicted octanol–water partition coefficient (Wildman–Crippen LogP) is 10.8. The van der Waals surface area contributed by atoms with E-state index in [2.05, 4.69) is 60.6 Å². The van der Waals surface area contributed by atoms with Gasteiger partial charge in [-0.3, -0.25) is 9.59 Å². The fraction of sp³-hybridized carbons (Fsp3) is 0.347. The van der Waals surface area contributed by atoms with E-state index in [0.29, 0.717) is 91.8 Å². The number of benzene rings is 4. The first-order valence-corrected chi connectivity index (χ1v) is 24.3. The molecule has 0 radical (unpaired) electrons. The molecule has 6 aromatic rings. The van der Waals surface area contributed by atoms with E-state index < -0.39 is 30.4 Å². The third-order valence-electron chi connectivity index (χ3n) is 12.0. The summed E-state index contributed by atoms with van der Waals surface area (Å²) in [4.78, 5) is 56.3. The molecule has 4 N–H and O–H groups in total. The van der Waals surface area contributed by atoms with Crippen molar-refractivity contribution in [3.05, 3.63) is 118 Å². The number of aromatic nitrogens is 6. The number of nitrogens with zero attached hydrogens (tertiary/aromatic N) is 8. The highest BCUT2D eigenvalue weighted by atomic mass is 35.5. The summed E-state index contributed by atoms with van der Waals surface area (Å²) in [5, 5.41) is 11.4. The Morgan fingerprint density at radius 3 is 1.50 bits per heavy atom. The van der Waals surface area contributed by atoms with Crippen molar-refractivity contribution in [2.75, 3.05) is 57.2 Å². The van der Waals surface area contributed by atoms with Crippen LogP contribution in [-0.4, -0.2) is 92.8 Å². The van der Waals surface area contributed by atoms with Crippen molar-refractivity contribution in [3.8, 4) is 11.5 Å². The molecule has 4 heterocycles. The van der Waals surface area contributed by atoms with Gasteiger partial charge in [-0.25, -0.2) is 24.3 Å². The maximum Gasteiger partial charge on any atom is 0.573 e. The molecule has 18 nitrogen and oxygen atoms in total. The summed E-state index contributed by atoms with van der Waals surface area (Å²) in [6, 6.07) is 16.7. The van der Waals surface area contributed by atoms with E-state index >= 15 is 4.39 Å². The van der Waals surface area contributed by atoms with Gasteiger partial charge in [0.05, 0.1) is 52.5 Å². The predicted molar refractivity (Wildman–Crippen MR) is 267 cm³/mol. The van der Waals surface area contributed by atoms with Crippen LogP contribution in [0.4, 0.5) is 77.3 Å². The Balaban J connectivity index is 0.783. The van der Waals surface area contributed by atoms with Gasteiger partial charge in [0.25, 0.3) is 0 Å². The number of ether oxygens (including phenoxy) is 4. The zero-order valence-electron chi connectivity index (χ0n) is 40.2. The molecule has 27 heteroatoms. The Morgan fingerprint density at radius 1 is 0.605 bits per heavy atom. The van der Waals surface area contributed by atoms with Crippen LogP contribution < -0.4 is 40.5 Å². The number of anilines is 8. The topological polar surface area (TPSA) is 203 Å². The van der Waals surface area contributed by atoms with E-state index in [4.69, 9.17) is 32.7 Å². The molecule has 2 aliphatic rings. The Hall–Kier alpha value is -7.35. The van der Waals surface area contributed by atoms with E-state index in [1.54, 1.807) is 13.0 Å². The molecule has 0 bridgehead atoms. The van der Waals surface area contributed by atoms with Crippen LogP contribution in [-0.2, 0) is 32.3 Å². The first-order valence-electron chi connectivity index (χ1n) is 23.5. The molecular formula is C49H47Cl2F7N12O6. The molecule has 2 amide bonds. The number of nitrogens with one attached hydrogen (secondary N) is 4. The van der Waals surface area contributed by atoms with Crippen molar-refractivity contribution in [3.63, 3.8) is 0 Å². The molecule has 402 valence electrons. The molecule has 0 atom stereocenters. The molecule has 2 aliphatic heterocycles. The average molecular weight is 1100 g/mol. The molecule has 0 saturated carbocycles.